The molecule has 1 aromatic rings. The van der Waals surface area contributed by atoms with Gasteiger partial charge in [-0.25, -0.2) is 4.98 Å². The molecule has 3 rings (SSSR count). The minimum atomic E-state index is 0.391. The lowest BCUT2D eigenvalue weighted by atomic mass is 10.0. The molecule has 19 heavy (non-hydrogen) atoms. The highest BCUT2D eigenvalue weighted by Gasteiger charge is 2.32. The molecule has 0 aromatic carbocycles. The molecule has 1 saturated heterocycles. The van der Waals surface area contributed by atoms with Crippen LogP contribution in [0.3, 0.4) is 0 Å². The van der Waals surface area contributed by atoms with E-state index in [0.717, 1.165) is 6.04 Å². The van der Waals surface area contributed by atoms with Gasteiger partial charge in [0.25, 0.3) is 0 Å². The van der Waals surface area contributed by atoms with Crippen LogP contribution in [0.1, 0.15) is 54.2 Å². The van der Waals surface area contributed by atoms with Crippen LogP contribution in [0.5, 0.6) is 0 Å². The standard InChI is InChI=1S/C15H25N3S/c1-10(15-11(2)19-12(3)17-15)16-13-6-8-18(9-7-13)14-4-5-14/h10,13-14,16H,4-9H2,1-3H3. The van der Waals surface area contributed by atoms with Crippen molar-refractivity contribution in [2.75, 3.05) is 13.1 Å². The fourth-order valence-electron chi connectivity index (χ4n) is 3.25. The van der Waals surface area contributed by atoms with E-state index in [2.05, 4.69) is 36.0 Å². The van der Waals surface area contributed by atoms with Crippen molar-refractivity contribution in [3.63, 3.8) is 0 Å². The molecule has 0 amide bonds. The smallest absolute Gasteiger partial charge is 0.0900 e. The highest BCUT2D eigenvalue weighted by molar-refractivity contribution is 7.11. The van der Waals surface area contributed by atoms with E-state index in [1.165, 1.54) is 54.4 Å². The molecule has 1 atom stereocenters. The fourth-order valence-corrected chi connectivity index (χ4v) is 4.16. The summed E-state index contributed by atoms with van der Waals surface area (Å²) in [6.45, 7) is 9.11. The fraction of sp³-hybridized carbons (Fsp3) is 0.800. The monoisotopic (exact) mass is 279 g/mol. The normalized spacial score (nSPS) is 23.7. The predicted octanol–water partition coefficient (Wildman–Crippen LogP) is 3.04. The number of piperidine rings is 1. The van der Waals surface area contributed by atoms with Crippen LogP contribution < -0.4 is 5.32 Å². The minimum absolute atomic E-state index is 0.391. The molecular weight excluding hydrogens is 254 g/mol. The molecule has 2 fully saturated rings. The molecule has 1 aliphatic heterocycles. The van der Waals surface area contributed by atoms with Crippen molar-refractivity contribution >= 4 is 11.3 Å². The Labute approximate surface area is 120 Å². The number of aromatic nitrogens is 1. The van der Waals surface area contributed by atoms with Crippen molar-refractivity contribution in [1.82, 2.24) is 15.2 Å². The molecule has 3 nitrogen and oxygen atoms in total. The van der Waals surface area contributed by atoms with E-state index < -0.39 is 0 Å². The number of thiazole rings is 1. The summed E-state index contributed by atoms with van der Waals surface area (Å²) in [6.07, 6.45) is 5.46. The first kappa shape index (κ1) is 13.5. The molecule has 1 aliphatic carbocycles. The summed E-state index contributed by atoms with van der Waals surface area (Å²) in [5.74, 6) is 0. The molecule has 4 heteroatoms. The zero-order valence-electron chi connectivity index (χ0n) is 12.3. The Morgan fingerprint density at radius 1 is 1.21 bits per heavy atom. The first-order valence-electron chi connectivity index (χ1n) is 7.57. The molecule has 0 bridgehead atoms. The third kappa shape index (κ3) is 3.18. The van der Waals surface area contributed by atoms with Crippen LogP contribution >= 0.6 is 11.3 Å². The Hall–Kier alpha value is -0.450. The second-order valence-corrected chi connectivity index (χ2v) is 7.51. The summed E-state index contributed by atoms with van der Waals surface area (Å²) in [4.78, 5) is 8.72. The summed E-state index contributed by atoms with van der Waals surface area (Å²) in [5.41, 5.74) is 1.26. The van der Waals surface area contributed by atoms with Gasteiger partial charge in [-0.15, -0.1) is 11.3 Å². The van der Waals surface area contributed by atoms with Gasteiger partial charge in [0.05, 0.1) is 10.7 Å². The Morgan fingerprint density at radius 3 is 2.42 bits per heavy atom. The van der Waals surface area contributed by atoms with Gasteiger partial charge in [-0.05, 0) is 59.5 Å². The third-order valence-electron chi connectivity index (χ3n) is 4.43. The van der Waals surface area contributed by atoms with Crippen molar-refractivity contribution < 1.29 is 0 Å². The van der Waals surface area contributed by atoms with Gasteiger partial charge < -0.3 is 10.2 Å². The van der Waals surface area contributed by atoms with E-state index >= 15 is 0 Å². The van der Waals surface area contributed by atoms with Crippen LogP contribution in [0.25, 0.3) is 0 Å². The Bertz CT molecular complexity index is 431. The van der Waals surface area contributed by atoms with Crippen LogP contribution in [0.15, 0.2) is 0 Å². The highest BCUT2D eigenvalue weighted by Crippen LogP contribution is 2.30. The lowest BCUT2D eigenvalue weighted by Gasteiger charge is -2.33. The molecule has 1 aromatic heterocycles. The number of nitrogens with one attached hydrogen (secondary N) is 1. The van der Waals surface area contributed by atoms with E-state index in [0.29, 0.717) is 12.1 Å². The number of aryl methyl sites for hydroxylation is 2. The summed E-state index contributed by atoms with van der Waals surface area (Å²) in [5, 5.41) is 4.97. The number of rotatable bonds is 4. The predicted molar refractivity (Wildman–Crippen MR) is 80.8 cm³/mol. The zero-order valence-corrected chi connectivity index (χ0v) is 13.1. The van der Waals surface area contributed by atoms with Crippen molar-refractivity contribution in [1.29, 1.82) is 0 Å². The summed E-state index contributed by atoms with van der Waals surface area (Å²) in [6, 6.07) is 2.00. The Morgan fingerprint density at radius 2 is 1.89 bits per heavy atom. The summed E-state index contributed by atoms with van der Waals surface area (Å²) < 4.78 is 0. The van der Waals surface area contributed by atoms with Crippen LogP contribution in [-0.2, 0) is 0 Å². The average Bonchev–Trinajstić information content (AvgIpc) is 3.16. The molecule has 1 unspecified atom stereocenters. The van der Waals surface area contributed by atoms with Crippen molar-refractivity contribution in [3.8, 4) is 0 Å². The topological polar surface area (TPSA) is 28.2 Å². The molecule has 1 N–H and O–H groups in total. The van der Waals surface area contributed by atoms with Crippen molar-refractivity contribution in [3.05, 3.63) is 15.6 Å². The number of nitrogens with zero attached hydrogens (tertiary/aromatic N) is 2. The van der Waals surface area contributed by atoms with Gasteiger partial charge in [-0.1, -0.05) is 0 Å². The highest BCUT2D eigenvalue weighted by atomic mass is 32.1. The molecule has 106 valence electrons. The van der Waals surface area contributed by atoms with Crippen molar-refractivity contribution in [2.45, 2.75) is 64.6 Å². The zero-order chi connectivity index (χ0) is 13.4. The molecule has 0 spiro atoms. The van der Waals surface area contributed by atoms with Gasteiger partial charge >= 0.3 is 0 Å². The molecule has 2 heterocycles. The van der Waals surface area contributed by atoms with Crippen LogP contribution in [0.4, 0.5) is 0 Å². The van der Waals surface area contributed by atoms with Crippen LogP contribution in [0, 0.1) is 13.8 Å². The lowest BCUT2D eigenvalue weighted by Crippen LogP contribution is -2.44. The van der Waals surface area contributed by atoms with E-state index in [1.54, 1.807) is 0 Å². The van der Waals surface area contributed by atoms with Gasteiger partial charge in [0, 0.05) is 23.0 Å². The minimum Gasteiger partial charge on any atom is -0.306 e. The summed E-state index contributed by atoms with van der Waals surface area (Å²) in [7, 11) is 0. The van der Waals surface area contributed by atoms with Gasteiger partial charge in [-0.3, -0.25) is 0 Å². The SMILES string of the molecule is Cc1nc(C(C)NC2CCN(C3CC3)CC2)c(C)s1. The number of hydrogen-bond acceptors (Lipinski definition) is 4. The number of hydrogen-bond donors (Lipinski definition) is 1. The van der Waals surface area contributed by atoms with Crippen LogP contribution in [-0.4, -0.2) is 35.1 Å². The Kier molecular flexibility index (Phi) is 3.92. The largest absolute Gasteiger partial charge is 0.306 e. The van der Waals surface area contributed by atoms with Gasteiger partial charge in [0.1, 0.15) is 0 Å². The quantitative estimate of drug-likeness (QED) is 0.918. The maximum Gasteiger partial charge on any atom is 0.0900 e. The third-order valence-corrected chi connectivity index (χ3v) is 5.33. The molecule has 1 saturated carbocycles. The summed E-state index contributed by atoms with van der Waals surface area (Å²) >= 11 is 1.81. The molecule has 2 aliphatic rings. The van der Waals surface area contributed by atoms with E-state index in [-0.39, 0.29) is 0 Å². The second-order valence-electron chi connectivity index (χ2n) is 6.10. The lowest BCUT2D eigenvalue weighted by molar-refractivity contribution is 0.184. The Balaban J connectivity index is 1.52. The van der Waals surface area contributed by atoms with Gasteiger partial charge in [-0.2, -0.15) is 0 Å². The second kappa shape index (κ2) is 5.51. The first-order chi connectivity index (χ1) is 9.13. The average molecular weight is 279 g/mol. The molecule has 0 radical (unpaired) electrons. The first-order valence-corrected chi connectivity index (χ1v) is 8.39. The molecular formula is C15H25N3S. The van der Waals surface area contributed by atoms with E-state index in [4.69, 9.17) is 0 Å². The van der Waals surface area contributed by atoms with Crippen LogP contribution in [0.2, 0.25) is 0 Å². The van der Waals surface area contributed by atoms with Gasteiger partial charge in [0.15, 0.2) is 0 Å². The van der Waals surface area contributed by atoms with E-state index in [1.807, 2.05) is 11.3 Å². The maximum atomic E-state index is 4.67. The van der Waals surface area contributed by atoms with Gasteiger partial charge in [0.2, 0.25) is 0 Å². The maximum absolute atomic E-state index is 4.67. The van der Waals surface area contributed by atoms with Crippen molar-refractivity contribution in [2.24, 2.45) is 0 Å². The van der Waals surface area contributed by atoms with E-state index in [9.17, 15) is 0 Å². The number of likely N-dealkylation sites (tertiary alicyclic amines) is 1.